The Bertz CT molecular complexity index is 369. The summed E-state index contributed by atoms with van der Waals surface area (Å²) in [6.07, 6.45) is 0.313. The number of amides is 1. The lowest BCUT2D eigenvalue weighted by Gasteiger charge is -2.10. The van der Waals surface area contributed by atoms with Gasteiger partial charge in [-0.1, -0.05) is 17.7 Å². The van der Waals surface area contributed by atoms with Gasteiger partial charge >= 0.3 is 0 Å². The lowest BCUT2D eigenvalue weighted by Crippen LogP contribution is -2.20. The Hall–Kier alpha value is -1.26. The lowest BCUT2D eigenvalue weighted by atomic mass is 10.2. The number of nitrogens with one attached hydrogen (secondary N) is 1. The highest BCUT2D eigenvalue weighted by Gasteiger charge is 2.04. The number of benzene rings is 1. The third-order valence-electron chi connectivity index (χ3n) is 2.11. The number of carbonyl (C=O) groups excluding carboxylic acids is 1. The quantitative estimate of drug-likeness (QED) is 0.819. The molecule has 1 amide bonds. The van der Waals surface area contributed by atoms with E-state index in [0.29, 0.717) is 30.3 Å². The summed E-state index contributed by atoms with van der Waals surface area (Å²) in [5.74, 6) is 0.579. The predicted octanol–water partition coefficient (Wildman–Crippen LogP) is 1.31. The average molecular weight is 243 g/mol. The number of ether oxygens (including phenoxy) is 1. The summed E-state index contributed by atoms with van der Waals surface area (Å²) in [6, 6.07) is 5.28. The molecule has 1 aromatic rings. The van der Waals surface area contributed by atoms with Gasteiger partial charge < -0.3 is 15.8 Å². The van der Waals surface area contributed by atoms with Gasteiger partial charge in [0.05, 0.1) is 13.0 Å². The van der Waals surface area contributed by atoms with Crippen LogP contribution in [0.1, 0.15) is 12.0 Å². The number of halogens is 1. The van der Waals surface area contributed by atoms with Crippen molar-refractivity contribution in [3.05, 3.63) is 28.8 Å². The molecule has 0 aromatic heterocycles. The minimum atomic E-state index is -0.0590. The molecule has 0 fully saturated rings. The number of hydrogen-bond donors (Lipinski definition) is 2. The second-order valence-electron chi connectivity index (χ2n) is 3.23. The molecule has 1 rings (SSSR count). The fourth-order valence-electron chi connectivity index (χ4n) is 1.21. The first-order valence-corrected chi connectivity index (χ1v) is 5.37. The molecule has 0 aliphatic rings. The largest absolute Gasteiger partial charge is 0.493 e. The minimum absolute atomic E-state index is 0.0590. The summed E-state index contributed by atoms with van der Waals surface area (Å²) in [6.45, 7) is 0.694. The molecule has 4 nitrogen and oxygen atoms in total. The maximum Gasteiger partial charge on any atom is 0.223 e. The normalized spacial score (nSPS) is 9.94. The Morgan fingerprint density at radius 2 is 2.31 bits per heavy atom. The summed E-state index contributed by atoms with van der Waals surface area (Å²) in [4.78, 5) is 11.0. The zero-order valence-corrected chi connectivity index (χ0v) is 9.88. The second-order valence-corrected chi connectivity index (χ2v) is 3.66. The van der Waals surface area contributed by atoms with Gasteiger partial charge in [-0.3, -0.25) is 4.79 Å². The highest BCUT2D eigenvalue weighted by atomic mass is 35.5. The number of hydrogen-bond acceptors (Lipinski definition) is 3. The van der Waals surface area contributed by atoms with Crippen molar-refractivity contribution in [3.8, 4) is 5.75 Å². The van der Waals surface area contributed by atoms with Crippen molar-refractivity contribution >= 4 is 17.5 Å². The molecule has 0 saturated heterocycles. The van der Waals surface area contributed by atoms with Gasteiger partial charge in [-0.25, -0.2) is 0 Å². The summed E-state index contributed by atoms with van der Waals surface area (Å²) in [7, 11) is 1.59. The number of carbonyl (C=O) groups is 1. The van der Waals surface area contributed by atoms with Gasteiger partial charge in [-0.15, -0.1) is 0 Å². The van der Waals surface area contributed by atoms with E-state index in [-0.39, 0.29) is 5.91 Å². The van der Waals surface area contributed by atoms with Gasteiger partial charge in [-0.2, -0.15) is 0 Å². The molecule has 3 N–H and O–H groups in total. The van der Waals surface area contributed by atoms with Crippen LogP contribution in [0.15, 0.2) is 18.2 Å². The maximum atomic E-state index is 11.0. The molecule has 1 aromatic carbocycles. The van der Waals surface area contributed by atoms with Crippen molar-refractivity contribution in [2.24, 2.45) is 5.73 Å². The van der Waals surface area contributed by atoms with Crippen molar-refractivity contribution in [1.29, 1.82) is 0 Å². The van der Waals surface area contributed by atoms with E-state index < -0.39 is 0 Å². The highest BCUT2D eigenvalue weighted by molar-refractivity contribution is 6.30. The zero-order chi connectivity index (χ0) is 12.0. The summed E-state index contributed by atoms with van der Waals surface area (Å²) >= 11 is 5.84. The summed E-state index contributed by atoms with van der Waals surface area (Å²) in [5, 5.41) is 3.11. The van der Waals surface area contributed by atoms with Crippen molar-refractivity contribution in [1.82, 2.24) is 5.32 Å². The Morgan fingerprint density at radius 1 is 1.56 bits per heavy atom. The van der Waals surface area contributed by atoms with Crippen molar-refractivity contribution in [2.45, 2.75) is 13.0 Å². The molecule has 0 unspecified atom stereocenters. The van der Waals surface area contributed by atoms with E-state index in [4.69, 9.17) is 22.1 Å². The Morgan fingerprint density at radius 3 is 2.94 bits per heavy atom. The van der Waals surface area contributed by atoms with E-state index in [1.165, 1.54) is 0 Å². The van der Waals surface area contributed by atoms with Crippen LogP contribution < -0.4 is 15.8 Å². The smallest absolute Gasteiger partial charge is 0.223 e. The van der Waals surface area contributed by atoms with E-state index in [1.807, 2.05) is 6.07 Å². The van der Waals surface area contributed by atoms with Crippen LogP contribution in [0.4, 0.5) is 0 Å². The molecule has 0 atom stereocenters. The third-order valence-corrected chi connectivity index (χ3v) is 2.35. The van der Waals surface area contributed by atoms with E-state index in [2.05, 4.69) is 5.32 Å². The SMILES string of the molecule is CNC(=O)CCOc1cc(Cl)ccc1CN. The fourth-order valence-corrected chi connectivity index (χ4v) is 1.37. The monoisotopic (exact) mass is 242 g/mol. The topological polar surface area (TPSA) is 64.3 Å². The molecule has 0 aliphatic carbocycles. The standard InChI is InChI=1S/C11H15ClN2O2/c1-14-11(15)4-5-16-10-6-9(12)3-2-8(10)7-13/h2-3,6H,4-5,7,13H2,1H3,(H,14,15). The fraction of sp³-hybridized carbons (Fsp3) is 0.364. The van der Waals surface area contributed by atoms with E-state index in [1.54, 1.807) is 19.2 Å². The summed E-state index contributed by atoms with van der Waals surface area (Å²) < 4.78 is 5.46. The van der Waals surface area contributed by atoms with Crippen LogP contribution in [-0.2, 0) is 11.3 Å². The van der Waals surface area contributed by atoms with Gasteiger partial charge in [0, 0.05) is 24.2 Å². The third kappa shape index (κ3) is 3.72. The molecular formula is C11H15ClN2O2. The highest BCUT2D eigenvalue weighted by Crippen LogP contribution is 2.23. The van der Waals surface area contributed by atoms with Gasteiger partial charge in [-0.05, 0) is 12.1 Å². The molecule has 0 bridgehead atoms. The van der Waals surface area contributed by atoms with Crippen LogP contribution in [0.25, 0.3) is 0 Å². The van der Waals surface area contributed by atoms with Gasteiger partial charge in [0.1, 0.15) is 5.75 Å². The molecule has 0 radical (unpaired) electrons. The van der Waals surface area contributed by atoms with Gasteiger partial charge in [0.2, 0.25) is 5.91 Å². The molecule has 0 saturated carbocycles. The molecule has 0 heterocycles. The van der Waals surface area contributed by atoms with Gasteiger partial charge in [0.25, 0.3) is 0 Å². The van der Waals surface area contributed by atoms with Crippen molar-refractivity contribution in [3.63, 3.8) is 0 Å². The van der Waals surface area contributed by atoms with E-state index in [0.717, 1.165) is 5.56 Å². The first-order valence-electron chi connectivity index (χ1n) is 4.99. The number of rotatable bonds is 5. The van der Waals surface area contributed by atoms with Crippen molar-refractivity contribution < 1.29 is 9.53 Å². The molecule has 16 heavy (non-hydrogen) atoms. The van der Waals surface area contributed by atoms with Gasteiger partial charge in [0.15, 0.2) is 0 Å². The van der Waals surface area contributed by atoms with Crippen LogP contribution in [0.5, 0.6) is 5.75 Å². The Labute approximate surface area is 99.7 Å². The maximum absolute atomic E-state index is 11.0. The Kier molecular flexibility index (Phi) is 5.08. The van der Waals surface area contributed by atoms with Crippen LogP contribution in [0, 0.1) is 0 Å². The number of nitrogens with two attached hydrogens (primary N) is 1. The van der Waals surface area contributed by atoms with Crippen LogP contribution in [0.2, 0.25) is 5.02 Å². The van der Waals surface area contributed by atoms with Crippen molar-refractivity contribution in [2.75, 3.05) is 13.7 Å². The predicted molar refractivity (Wildman–Crippen MR) is 63.5 cm³/mol. The first kappa shape index (κ1) is 12.8. The summed E-state index contributed by atoms with van der Waals surface area (Å²) in [5.41, 5.74) is 6.43. The van der Waals surface area contributed by atoms with Crippen LogP contribution in [0.3, 0.4) is 0 Å². The zero-order valence-electron chi connectivity index (χ0n) is 9.13. The lowest BCUT2D eigenvalue weighted by molar-refractivity contribution is -0.121. The van der Waals surface area contributed by atoms with E-state index >= 15 is 0 Å². The van der Waals surface area contributed by atoms with E-state index in [9.17, 15) is 4.79 Å². The van der Waals surface area contributed by atoms with Crippen LogP contribution >= 0.6 is 11.6 Å². The molecule has 88 valence electrons. The van der Waals surface area contributed by atoms with Crippen LogP contribution in [-0.4, -0.2) is 19.6 Å². The minimum Gasteiger partial charge on any atom is -0.493 e. The molecular weight excluding hydrogens is 228 g/mol. The molecule has 0 aliphatic heterocycles. The average Bonchev–Trinajstić information content (AvgIpc) is 2.29. The second kappa shape index (κ2) is 6.35. The Balaban J connectivity index is 2.58. The molecule has 0 spiro atoms. The first-order chi connectivity index (χ1) is 7.67. The molecule has 5 heteroatoms.